The minimum Gasteiger partial charge on any atom is -0.497 e. The molecule has 3 N–H and O–H groups in total. The average Bonchev–Trinajstić information content (AvgIpc) is 3.27. The van der Waals surface area contributed by atoms with Gasteiger partial charge in [0.1, 0.15) is 17.3 Å². The quantitative estimate of drug-likeness (QED) is 0.361. The van der Waals surface area contributed by atoms with Gasteiger partial charge in [-0.05, 0) is 49.2 Å². The number of aliphatic imine (C=N–C) groups is 1. The molecule has 3 aromatic rings. The first kappa shape index (κ1) is 22.1. The number of guanidine groups is 1. The molecule has 8 nitrogen and oxygen atoms in total. The van der Waals surface area contributed by atoms with Crippen molar-refractivity contribution in [3.05, 3.63) is 59.4 Å². The zero-order valence-corrected chi connectivity index (χ0v) is 18.5. The lowest BCUT2D eigenvalue weighted by Crippen LogP contribution is -2.36. The summed E-state index contributed by atoms with van der Waals surface area (Å²) >= 11 is 0. The Balaban J connectivity index is 1.56. The van der Waals surface area contributed by atoms with Crippen molar-refractivity contribution in [1.82, 2.24) is 25.8 Å². The summed E-state index contributed by atoms with van der Waals surface area (Å²) in [4.78, 5) is 8.83. The number of aryl methyl sites for hydroxylation is 1. The van der Waals surface area contributed by atoms with Crippen LogP contribution in [0.3, 0.4) is 0 Å². The fourth-order valence-electron chi connectivity index (χ4n) is 2.96. The van der Waals surface area contributed by atoms with Crippen LogP contribution in [0.4, 0.5) is 0 Å². The molecule has 0 aliphatic heterocycles. The van der Waals surface area contributed by atoms with Gasteiger partial charge in [0.25, 0.3) is 0 Å². The van der Waals surface area contributed by atoms with Crippen molar-refractivity contribution in [1.29, 1.82) is 0 Å². The molecule has 31 heavy (non-hydrogen) atoms. The fraction of sp³-hybridized carbons (Fsp3) is 0.348. The highest BCUT2D eigenvalue weighted by Gasteiger charge is 2.09. The number of rotatable bonds is 9. The Morgan fingerprint density at radius 3 is 2.58 bits per heavy atom. The molecule has 8 heteroatoms. The molecule has 0 atom stereocenters. The average molecular weight is 423 g/mol. The Bertz CT molecular complexity index is 998. The van der Waals surface area contributed by atoms with Crippen molar-refractivity contribution in [2.45, 2.75) is 33.4 Å². The summed E-state index contributed by atoms with van der Waals surface area (Å²) in [6.45, 7) is 5.94. The van der Waals surface area contributed by atoms with Crippen LogP contribution >= 0.6 is 0 Å². The normalized spacial score (nSPS) is 11.3. The zero-order chi connectivity index (χ0) is 22.1. The number of nitrogens with zero attached hydrogens (tertiary/aromatic N) is 3. The molecule has 0 radical (unpaired) electrons. The van der Waals surface area contributed by atoms with Crippen LogP contribution in [0, 0.1) is 6.92 Å². The Kier molecular flexibility index (Phi) is 7.86. The molecule has 0 fully saturated rings. The first-order chi connectivity index (χ1) is 15.1. The second-order valence-electron chi connectivity index (χ2n) is 7.07. The molecule has 0 bridgehead atoms. The number of H-pyrrole nitrogens is 1. The number of hydrogen-bond acceptors (Lipinski definition) is 5. The van der Waals surface area contributed by atoms with E-state index in [0.717, 1.165) is 34.9 Å². The van der Waals surface area contributed by atoms with E-state index in [2.05, 4.69) is 62.9 Å². The highest BCUT2D eigenvalue weighted by atomic mass is 16.5. The van der Waals surface area contributed by atoms with Gasteiger partial charge < -0.3 is 20.1 Å². The van der Waals surface area contributed by atoms with E-state index in [0.29, 0.717) is 31.5 Å². The maximum Gasteiger partial charge on any atom is 0.191 e. The Morgan fingerprint density at radius 2 is 1.87 bits per heavy atom. The third-order valence-electron chi connectivity index (χ3n) is 4.66. The van der Waals surface area contributed by atoms with Crippen molar-refractivity contribution >= 4 is 5.96 Å². The monoisotopic (exact) mass is 422 g/mol. The Morgan fingerprint density at radius 1 is 1.10 bits per heavy atom. The molecule has 0 unspecified atom stereocenters. The van der Waals surface area contributed by atoms with E-state index in [1.807, 2.05) is 24.3 Å². The highest BCUT2D eigenvalue weighted by molar-refractivity contribution is 5.79. The smallest absolute Gasteiger partial charge is 0.191 e. The van der Waals surface area contributed by atoms with Gasteiger partial charge in [-0.3, -0.25) is 10.1 Å². The van der Waals surface area contributed by atoms with Gasteiger partial charge in [0.05, 0.1) is 20.3 Å². The largest absolute Gasteiger partial charge is 0.497 e. The zero-order valence-electron chi connectivity index (χ0n) is 18.5. The molecule has 1 heterocycles. The molecule has 0 saturated carbocycles. The summed E-state index contributed by atoms with van der Waals surface area (Å²) < 4.78 is 11.1. The van der Waals surface area contributed by atoms with Crippen LogP contribution in [0.1, 0.15) is 30.3 Å². The predicted octanol–water partition coefficient (Wildman–Crippen LogP) is 3.44. The second-order valence-corrected chi connectivity index (χ2v) is 7.07. The topological polar surface area (TPSA) is 96.4 Å². The maximum atomic E-state index is 5.89. The van der Waals surface area contributed by atoms with Gasteiger partial charge in [-0.15, -0.1) is 0 Å². The van der Waals surface area contributed by atoms with Gasteiger partial charge >= 0.3 is 0 Å². The Hall–Kier alpha value is -3.55. The molecule has 0 saturated heterocycles. The number of methoxy groups -OCH3 is 1. The van der Waals surface area contributed by atoms with Crippen molar-refractivity contribution in [3.63, 3.8) is 0 Å². The molecule has 0 aliphatic carbocycles. The molecule has 0 spiro atoms. The highest BCUT2D eigenvalue weighted by Crippen LogP contribution is 2.21. The number of nitrogens with one attached hydrogen (secondary N) is 3. The number of aromatic nitrogens is 3. The van der Waals surface area contributed by atoms with E-state index in [1.54, 1.807) is 14.2 Å². The Labute approximate surface area is 183 Å². The van der Waals surface area contributed by atoms with Gasteiger partial charge in [0.15, 0.2) is 11.8 Å². The summed E-state index contributed by atoms with van der Waals surface area (Å²) in [5, 5.41) is 13.8. The molecule has 3 rings (SSSR count). The minimum atomic E-state index is 0.468. The molecule has 0 amide bonds. The van der Waals surface area contributed by atoms with Crippen molar-refractivity contribution < 1.29 is 9.47 Å². The van der Waals surface area contributed by atoms with E-state index in [1.165, 1.54) is 5.56 Å². The second kappa shape index (κ2) is 11.0. The fourth-order valence-corrected chi connectivity index (χ4v) is 2.96. The van der Waals surface area contributed by atoms with E-state index >= 15 is 0 Å². The van der Waals surface area contributed by atoms with Crippen molar-refractivity contribution in [2.24, 2.45) is 4.99 Å². The molecule has 2 aromatic carbocycles. The van der Waals surface area contributed by atoms with Crippen molar-refractivity contribution in [2.75, 3.05) is 20.8 Å². The van der Waals surface area contributed by atoms with Gasteiger partial charge in [-0.2, -0.15) is 5.10 Å². The summed E-state index contributed by atoms with van der Waals surface area (Å²) in [6.07, 6.45) is 0.972. The summed E-state index contributed by atoms with van der Waals surface area (Å²) in [5.41, 5.74) is 3.18. The van der Waals surface area contributed by atoms with Crippen LogP contribution in [0.2, 0.25) is 0 Å². The van der Waals surface area contributed by atoms with Crippen LogP contribution in [0.15, 0.2) is 47.5 Å². The SMILES string of the molecule is CCCOc1cc(C)ccc1CNC(=NC)NCc1nc(-c2ccc(OC)cc2)n[nH]1. The standard InChI is InChI=1S/C23H30N6O2/c1-5-12-31-20-13-16(2)6-7-18(20)14-25-23(24-3)26-15-21-27-22(29-28-21)17-8-10-19(30-4)11-9-17/h6-11,13H,5,12,14-15H2,1-4H3,(H2,24,25,26)(H,27,28,29). The third kappa shape index (κ3) is 6.21. The van der Waals surface area contributed by atoms with E-state index in [4.69, 9.17) is 9.47 Å². The molecular weight excluding hydrogens is 392 g/mol. The molecule has 1 aromatic heterocycles. The van der Waals surface area contributed by atoms with Gasteiger partial charge in [-0.25, -0.2) is 4.98 Å². The summed E-state index contributed by atoms with van der Waals surface area (Å²) in [5.74, 6) is 3.73. The van der Waals surface area contributed by atoms with E-state index < -0.39 is 0 Å². The minimum absolute atomic E-state index is 0.468. The number of aromatic amines is 1. The van der Waals surface area contributed by atoms with Gasteiger partial charge in [0.2, 0.25) is 0 Å². The van der Waals surface area contributed by atoms with Crippen LogP contribution in [0.5, 0.6) is 11.5 Å². The van der Waals surface area contributed by atoms with E-state index in [9.17, 15) is 0 Å². The lowest BCUT2D eigenvalue weighted by Gasteiger charge is -2.15. The summed E-state index contributed by atoms with van der Waals surface area (Å²) in [6, 6.07) is 13.9. The lowest BCUT2D eigenvalue weighted by atomic mass is 10.1. The molecule has 164 valence electrons. The first-order valence-corrected chi connectivity index (χ1v) is 10.4. The lowest BCUT2D eigenvalue weighted by molar-refractivity contribution is 0.313. The molecular formula is C23H30N6O2. The number of benzene rings is 2. The van der Waals surface area contributed by atoms with E-state index in [-0.39, 0.29) is 0 Å². The van der Waals surface area contributed by atoms with Crippen LogP contribution in [0.25, 0.3) is 11.4 Å². The molecule has 0 aliphatic rings. The van der Waals surface area contributed by atoms with Crippen molar-refractivity contribution in [3.8, 4) is 22.9 Å². The number of ether oxygens (including phenoxy) is 2. The van der Waals surface area contributed by atoms with Crippen LogP contribution in [-0.4, -0.2) is 41.9 Å². The number of hydrogen-bond donors (Lipinski definition) is 3. The van der Waals surface area contributed by atoms with Crippen LogP contribution in [-0.2, 0) is 13.1 Å². The van der Waals surface area contributed by atoms with Gasteiger partial charge in [-0.1, -0.05) is 19.1 Å². The third-order valence-corrected chi connectivity index (χ3v) is 4.66. The van der Waals surface area contributed by atoms with Crippen LogP contribution < -0.4 is 20.1 Å². The summed E-state index contributed by atoms with van der Waals surface area (Å²) in [7, 11) is 3.38. The predicted molar refractivity (Wildman–Crippen MR) is 122 cm³/mol. The van der Waals surface area contributed by atoms with Gasteiger partial charge in [0, 0.05) is 24.7 Å². The maximum absolute atomic E-state index is 5.89. The first-order valence-electron chi connectivity index (χ1n) is 10.4.